The van der Waals surface area contributed by atoms with Crippen LogP contribution in [0.15, 0.2) is 21.1 Å². The van der Waals surface area contributed by atoms with Gasteiger partial charge in [0.1, 0.15) is 11.0 Å². The summed E-state index contributed by atoms with van der Waals surface area (Å²) in [5, 5.41) is 0. The van der Waals surface area contributed by atoms with Crippen molar-refractivity contribution < 1.29 is 0 Å². The number of hydrogen-bond acceptors (Lipinski definition) is 3. The third kappa shape index (κ3) is 2.27. The Morgan fingerprint density at radius 3 is 1.77 bits per heavy atom. The molecule has 0 unspecified atom stereocenters. The summed E-state index contributed by atoms with van der Waals surface area (Å²) in [6.45, 7) is 4.00. The third-order valence-electron chi connectivity index (χ3n) is 1.32. The monoisotopic (exact) mass is 322 g/mol. The molecule has 1 aromatic heterocycles. The summed E-state index contributed by atoms with van der Waals surface area (Å²) < 4.78 is 10.2. The first-order valence-corrected chi connectivity index (χ1v) is 6.17. The molecule has 0 aliphatic rings. The first-order valence-electron chi connectivity index (χ1n) is 3.85. The zero-order valence-corrected chi connectivity index (χ0v) is 11.2. The molecule has 5 heteroatoms. The lowest BCUT2D eigenvalue weighted by molar-refractivity contribution is 1.50. The fourth-order valence-electron chi connectivity index (χ4n) is 0.806. The molecule has 0 aliphatic carbocycles. The summed E-state index contributed by atoms with van der Waals surface area (Å²) in [5.41, 5.74) is 1.84. The van der Waals surface area contributed by atoms with Crippen molar-refractivity contribution in [3.05, 3.63) is 21.1 Å². The number of halogens is 2. The Morgan fingerprint density at radius 2 is 1.38 bits per heavy atom. The van der Waals surface area contributed by atoms with Gasteiger partial charge in [-0.25, -0.2) is 0 Å². The number of fused-ring (bicyclic) bond motifs is 1. The Kier molecular flexibility index (Phi) is 4.28. The highest BCUT2D eigenvalue weighted by molar-refractivity contribution is 9.11. The second kappa shape index (κ2) is 5.02. The van der Waals surface area contributed by atoms with Crippen LogP contribution in [0.25, 0.3) is 11.0 Å². The smallest absolute Gasteiger partial charge is 0.120 e. The van der Waals surface area contributed by atoms with Gasteiger partial charge in [0.2, 0.25) is 0 Å². The third-order valence-corrected chi connectivity index (χ3v) is 3.13. The number of hydrogen-bond donors (Lipinski definition) is 0. The van der Waals surface area contributed by atoms with Crippen molar-refractivity contribution in [2.45, 2.75) is 13.8 Å². The topological polar surface area (TPSA) is 25.8 Å². The van der Waals surface area contributed by atoms with E-state index in [1.165, 1.54) is 11.7 Å². The quantitative estimate of drug-likeness (QED) is 0.724. The van der Waals surface area contributed by atoms with E-state index in [1.54, 1.807) is 0 Å². The fourth-order valence-corrected chi connectivity index (χ4v) is 2.43. The van der Waals surface area contributed by atoms with Gasteiger partial charge in [-0.2, -0.15) is 8.75 Å². The summed E-state index contributed by atoms with van der Waals surface area (Å²) in [7, 11) is 0. The Labute approximate surface area is 97.9 Å². The molecule has 2 rings (SSSR count). The summed E-state index contributed by atoms with van der Waals surface area (Å²) in [5.74, 6) is 0. The van der Waals surface area contributed by atoms with Crippen LogP contribution in [-0.4, -0.2) is 8.75 Å². The molecule has 0 spiro atoms. The molecule has 0 saturated heterocycles. The molecular weight excluding hydrogens is 316 g/mol. The van der Waals surface area contributed by atoms with Crippen LogP contribution in [0.4, 0.5) is 0 Å². The number of benzene rings is 1. The molecule has 0 aliphatic heterocycles. The Morgan fingerprint density at radius 1 is 1.00 bits per heavy atom. The SMILES string of the molecule is Brc1ccc(Br)c2nsnc12.CC. The van der Waals surface area contributed by atoms with Gasteiger partial charge in [-0.3, -0.25) is 0 Å². The molecule has 0 fully saturated rings. The minimum Gasteiger partial charge on any atom is -0.172 e. The predicted molar refractivity (Wildman–Crippen MR) is 64.2 cm³/mol. The van der Waals surface area contributed by atoms with Crippen LogP contribution in [0.1, 0.15) is 13.8 Å². The first-order chi connectivity index (χ1) is 6.29. The molecular formula is C8H8Br2N2S. The van der Waals surface area contributed by atoms with Crippen molar-refractivity contribution in [1.29, 1.82) is 0 Å². The highest BCUT2D eigenvalue weighted by atomic mass is 79.9. The van der Waals surface area contributed by atoms with Crippen LogP contribution in [0.5, 0.6) is 0 Å². The lowest BCUT2D eigenvalue weighted by atomic mass is 10.3. The largest absolute Gasteiger partial charge is 0.172 e. The van der Waals surface area contributed by atoms with Gasteiger partial charge in [-0.1, -0.05) is 13.8 Å². The van der Waals surface area contributed by atoms with Gasteiger partial charge < -0.3 is 0 Å². The fraction of sp³-hybridized carbons (Fsp3) is 0.250. The zero-order chi connectivity index (χ0) is 9.84. The average molecular weight is 324 g/mol. The van der Waals surface area contributed by atoms with Gasteiger partial charge in [-0.15, -0.1) is 0 Å². The number of nitrogens with zero attached hydrogens (tertiary/aromatic N) is 2. The van der Waals surface area contributed by atoms with E-state index in [0.717, 1.165) is 20.0 Å². The Hall–Kier alpha value is -0.0000000000000000555. The maximum Gasteiger partial charge on any atom is 0.120 e. The normalized spacial score (nSPS) is 9.54. The maximum atomic E-state index is 4.13. The van der Waals surface area contributed by atoms with Crippen molar-refractivity contribution >= 4 is 54.6 Å². The van der Waals surface area contributed by atoms with Gasteiger partial charge in [0.05, 0.1) is 11.7 Å². The summed E-state index contributed by atoms with van der Waals surface area (Å²) in [4.78, 5) is 0. The van der Waals surface area contributed by atoms with Crippen molar-refractivity contribution in [1.82, 2.24) is 8.75 Å². The van der Waals surface area contributed by atoms with E-state index in [9.17, 15) is 0 Å². The summed E-state index contributed by atoms with van der Waals surface area (Å²) in [6.07, 6.45) is 0. The molecule has 2 aromatic rings. The standard InChI is InChI=1S/C6H2Br2N2S.C2H6/c7-3-1-2-4(8)6-5(3)9-11-10-6;1-2/h1-2H;1-2H3. The van der Waals surface area contributed by atoms with Gasteiger partial charge >= 0.3 is 0 Å². The molecule has 1 aromatic carbocycles. The van der Waals surface area contributed by atoms with Crippen molar-refractivity contribution in [2.75, 3.05) is 0 Å². The Balaban J connectivity index is 0.000000396. The van der Waals surface area contributed by atoms with Crippen LogP contribution in [0.3, 0.4) is 0 Å². The average Bonchev–Trinajstić information content (AvgIpc) is 2.64. The van der Waals surface area contributed by atoms with E-state index < -0.39 is 0 Å². The second-order valence-electron chi connectivity index (χ2n) is 1.99. The lowest BCUT2D eigenvalue weighted by Gasteiger charge is -1.92. The predicted octanol–water partition coefficient (Wildman–Crippen LogP) is 4.24. The van der Waals surface area contributed by atoms with Gasteiger partial charge in [0.25, 0.3) is 0 Å². The molecule has 0 radical (unpaired) electrons. The second-order valence-corrected chi connectivity index (χ2v) is 4.23. The Bertz CT molecular complexity index is 364. The van der Waals surface area contributed by atoms with E-state index >= 15 is 0 Å². The molecule has 0 N–H and O–H groups in total. The van der Waals surface area contributed by atoms with Crippen LogP contribution in [-0.2, 0) is 0 Å². The molecule has 0 saturated carbocycles. The first kappa shape index (κ1) is 11.1. The molecule has 2 nitrogen and oxygen atoms in total. The molecule has 0 amide bonds. The highest BCUT2D eigenvalue weighted by Gasteiger charge is 2.05. The maximum absolute atomic E-state index is 4.13. The van der Waals surface area contributed by atoms with Gasteiger partial charge in [0.15, 0.2) is 0 Å². The minimum atomic E-state index is 0.921. The van der Waals surface area contributed by atoms with E-state index in [4.69, 9.17) is 0 Å². The molecule has 0 bridgehead atoms. The summed E-state index contributed by atoms with van der Waals surface area (Å²) >= 11 is 8.01. The van der Waals surface area contributed by atoms with E-state index in [2.05, 4.69) is 40.6 Å². The van der Waals surface area contributed by atoms with Crippen LogP contribution in [0, 0.1) is 0 Å². The highest BCUT2D eigenvalue weighted by Crippen LogP contribution is 2.28. The van der Waals surface area contributed by atoms with E-state index in [1.807, 2.05) is 26.0 Å². The van der Waals surface area contributed by atoms with Crippen LogP contribution >= 0.6 is 43.6 Å². The molecule has 1 heterocycles. The van der Waals surface area contributed by atoms with Gasteiger partial charge in [0, 0.05) is 8.95 Å². The van der Waals surface area contributed by atoms with Crippen LogP contribution < -0.4 is 0 Å². The van der Waals surface area contributed by atoms with E-state index in [-0.39, 0.29) is 0 Å². The number of rotatable bonds is 0. The van der Waals surface area contributed by atoms with Gasteiger partial charge in [-0.05, 0) is 44.0 Å². The molecule has 13 heavy (non-hydrogen) atoms. The van der Waals surface area contributed by atoms with E-state index in [0.29, 0.717) is 0 Å². The van der Waals surface area contributed by atoms with Crippen molar-refractivity contribution in [3.8, 4) is 0 Å². The van der Waals surface area contributed by atoms with Crippen LogP contribution in [0.2, 0.25) is 0 Å². The number of aromatic nitrogens is 2. The molecule has 0 atom stereocenters. The molecule has 70 valence electrons. The minimum absolute atomic E-state index is 0.921. The lowest BCUT2D eigenvalue weighted by Crippen LogP contribution is -1.73. The van der Waals surface area contributed by atoms with Crippen molar-refractivity contribution in [2.24, 2.45) is 0 Å². The summed E-state index contributed by atoms with van der Waals surface area (Å²) in [6, 6.07) is 3.90. The van der Waals surface area contributed by atoms with Crippen molar-refractivity contribution in [3.63, 3.8) is 0 Å². The zero-order valence-electron chi connectivity index (χ0n) is 7.21.